The summed E-state index contributed by atoms with van der Waals surface area (Å²) in [5.41, 5.74) is 0. The summed E-state index contributed by atoms with van der Waals surface area (Å²) in [6.07, 6.45) is 1.39. The molecule has 0 unspecified atom stereocenters. The Labute approximate surface area is 308 Å². The first-order valence-corrected chi connectivity index (χ1v) is 30.8. The minimum atomic E-state index is -2.85. The van der Waals surface area contributed by atoms with E-state index in [2.05, 4.69) is 26.2 Å². The van der Waals surface area contributed by atoms with Crippen LogP contribution in [0.15, 0.2) is 0 Å². The van der Waals surface area contributed by atoms with Gasteiger partial charge in [-0.1, -0.05) is 0 Å². The summed E-state index contributed by atoms with van der Waals surface area (Å²) < 4.78 is 47.9. The summed E-state index contributed by atoms with van der Waals surface area (Å²) >= 11 is 6.72. The van der Waals surface area contributed by atoms with Gasteiger partial charge in [0.15, 0.2) is 0 Å². The zero-order chi connectivity index (χ0) is 36.1. The maximum Gasteiger partial charge on any atom is 0.318 e. The first-order valence-electron chi connectivity index (χ1n) is 16.0. The SMILES string of the molecule is COC(=O)CCSCC[Si]1(C)O[Si](C)(CCSCCC(=O)OC)O[Si](C)(CCSCCC(=O)OC)O[Si](C)(CCSCCC(=O)OC)O1. The second-order valence-electron chi connectivity index (χ2n) is 11.7. The van der Waals surface area contributed by atoms with Crippen LogP contribution in [0.3, 0.4) is 0 Å². The Bertz CT molecular complexity index is 840. The Morgan fingerprint density at radius 2 is 0.583 bits per heavy atom. The van der Waals surface area contributed by atoms with Crippen LogP contribution in [0.4, 0.5) is 0 Å². The molecule has 280 valence electrons. The molecule has 0 N–H and O–H groups in total. The fourth-order valence-corrected chi connectivity index (χ4v) is 35.1. The zero-order valence-electron chi connectivity index (χ0n) is 29.8. The van der Waals surface area contributed by atoms with Gasteiger partial charge < -0.3 is 35.4 Å². The number of carbonyl (C=O) groups is 4. The summed E-state index contributed by atoms with van der Waals surface area (Å²) in [6.45, 7) is 8.44. The molecular formula is C28H56O12S4Si4. The highest BCUT2D eigenvalue weighted by Crippen LogP contribution is 2.39. The molecular weight excluding hydrogens is 769 g/mol. The number of thioether (sulfide) groups is 4. The Kier molecular flexibility index (Phi) is 23.3. The van der Waals surface area contributed by atoms with Gasteiger partial charge >= 0.3 is 58.1 Å². The van der Waals surface area contributed by atoms with E-state index in [9.17, 15) is 19.2 Å². The maximum absolute atomic E-state index is 11.6. The Morgan fingerprint density at radius 3 is 0.750 bits per heavy atom. The van der Waals surface area contributed by atoms with Crippen molar-refractivity contribution in [1.29, 1.82) is 0 Å². The number of hydrogen-bond acceptors (Lipinski definition) is 16. The molecule has 0 radical (unpaired) electrons. The lowest BCUT2D eigenvalue weighted by molar-refractivity contribution is -0.141. The normalized spacial score (nSPS) is 25.8. The van der Waals surface area contributed by atoms with Crippen molar-refractivity contribution >= 4 is 105 Å². The van der Waals surface area contributed by atoms with Crippen molar-refractivity contribution in [3.05, 3.63) is 0 Å². The number of methoxy groups -OCH3 is 4. The molecule has 0 bridgehead atoms. The highest BCUT2D eigenvalue weighted by Gasteiger charge is 2.56. The third-order valence-electron chi connectivity index (χ3n) is 7.24. The van der Waals surface area contributed by atoms with Crippen LogP contribution in [0, 0.1) is 0 Å². The molecule has 0 saturated carbocycles. The topological polar surface area (TPSA) is 142 Å². The smallest absolute Gasteiger partial charge is 0.318 e. The monoisotopic (exact) mass is 824 g/mol. The third-order valence-corrected chi connectivity index (χ3v) is 31.1. The van der Waals surface area contributed by atoms with Crippen LogP contribution >= 0.6 is 47.0 Å². The first-order chi connectivity index (χ1) is 22.6. The van der Waals surface area contributed by atoms with Gasteiger partial charge in [0.1, 0.15) is 0 Å². The largest absolute Gasteiger partial charge is 0.469 e. The molecule has 0 aromatic carbocycles. The van der Waals surface area contributed by atoms with E-state index in [1.165, 1.54) is 28.4 Å². The molecule has 48 heavy (non-hydrogen) atoms. The van der Waals surface area contributed by atoms with Gasteiger partial charge in [0.05, 0.1) is 54.1 Å². The molecule has 1 heterocycles. The van der Waals surface area contributed by atoms with E-state index in [4.69, 9.17) is 35.4 Å². The lowest BCUT2D eigenvalue weighted by atomic mass is 10.5. The van der Waals surface area contributed by atoms with Gasteiger partial charge in [0.2, 0.25) is 0 Å². The Morgan fingerprint density at radius 1 is 0.396 bits per heavy atom. The van der Waals surface area contributed by atoms with Crippen LogP contribution < -0.4 is 0 Å². The number of carbonyl (C=O) groups excluding carboxylic acids is 4. The molecule has 1 fully saturated rings. The summed E-state index contributed by atoms with van der Waals surface area (Å²) in [5, 5.41) is 0. The lowest BCUT2D eigenvalue weighted by Gasteiger charge is -2.50. The number of esters is 4. The van der Waals surface area contributed by atoms with Crippen LogP contribution in [0.2, 0.25) is 50.4 Å². The van der Waals surface area contributed by atoms with Crippen molar-refractivity contribution in [2.45, 2.75) is 76.0 Å². The molecule has 0 amide bonds. The van der Waals surface area contributed by atoms with E-state index < -0.39 is 34.2 Å². The van der Waals surface area contributed by atoms with Crippen molar-refractivity contribution in [3.8, 4) is 0 Å². The third kappa shape index (κ3) is 20.1. The van der Waals surface area contributed by atoms with Gasteiger partial charge in [-0.05, 0) is 73.4 Å². The Balaban J connectivity index is 3.21. The first kappa shape index (κ1) is 46.0. The van der Waals surface area contributed by atoms with Gasteiger partial charge in [0, 0.05) is 23.0 Å². The van der Waals surface area contributed by atoms with Crippen LogP contribution in [-0.4, -0.2) is 133 Å². The molecule has 12 nitrogen and oxygen atoms in total. The van der Waals surface area contributed by atoms with Crippen LogP contribution in [-0.2, 0) is 54.6 Å². The second kappa shape index (κ2) is 24.3. The lowest BCUT2D eigenvalue weighted by Crippen LogP contribution is -2.67. The quantitative estimate of drug-likeness (QED) is 0.0520. The predicted molar refractivity (Wildman–Crippen MR) is 206 cm³/mol. The average molecular weight is 825 g/mol. The summed E-state index contributed by atoms with van der Waals surface area (Å²) in [7, 11) is -5.81. The zero-order valence-corrected chi connectivity index (χ0v) is 37.1. The van der Waals surface area contributed by atoms with Crippen molar-refractivity contribution in [2.24, 2.45) is 0 Å². The standard InChI is InChI=1S/C28H56O12S4Si4/c1-33-25(29)9-13-41-17-21-45(5)37-46(6,22-18-42-14-10-26(30)34-2)39-48(8,24-20-44-16-12-28(32)36-4)40-47(7,38-45)23-19-43-15-11-27(31)35-3/h9-24H2,1-8H3. The van der Waals surface area contributed by atoms with Gasteiger partial charge in [-0.3, -0.25) is 19.2 Å². The number of rotatable bonds is 24. The average Bonchev–Trinajstić information content (AvgIpc) is 3.02. The van der Waals surface area contributed by atoms with E-state index in [0.717, 1.165) is 23.0 Å². The fraction of sp³-hybridized carbons (Fsp3) is 0.857. The molecule has 0 aliphatic carbocycles. The molecule has 0 aromatic heterocycles. The fourth-order valence-electron chi connectivity index (χ4n) is 4.79. The minimum absolute atomic E-state index is 0.228. The van der Waals surface area contributed by atoms with Crippen LogP contribution in [0.25, 0.3) is 0 Å². The van der Waals surface area contributed by atoms with Crippen LogP contribution in [0.1, 0.15) is 25.7 Å². The van der Waals surface area contributed by atoms with E-state index in [1.54, 1.807) is 47.0 Å². The van der Waals surface area contributed by atoms with E-state index in [1.807, 2.05) is 0 Å². The van der Waals surface area contributed by atoms with E-state index in [0.29, 0.717) is 72.9 Å². The van der Waals surface area contributed by atoms with Crippen molar-refractivity contribution in [3.63, 3.8) is 0 Å². The second-order valence-corrected chi connectivity index (χ2v) is 30.9. The van der Waals surface area contributed by atoms with Crippen molar-refractivity contribution in [2.75, 3.05) is 74.5 Å². The molecule has 1 aliphatic rings. The molecule has 1 rings (SSSR count). The minimum Gasteiger partial charge on any atom is -0.469 e. The predicted octanol–water partition coefficient (Wildman–Crippen LogP) is 5.54. The summed E-state index contributed by atoms with van der Waals surface area (Å²) in [5.74, 6) is 4.76. The van der Waals surface area contributed by atoms with Gasteiger partial charge in [-0.25, -0.2) is 0 Å². The maximum atomic E-state index is 11.6. The van der Waals surface area contributed by atoms with Crippen molar-refractivity contribution < 1.29 is 54.6 Å². The summed E-state index contributed by atoms with van der Waals surface area (Å²) in [6, 6.07) is 2.85. The van der Waals surface area contributed by atoms with Crippen LogP contribution in [0.5, 0.6) is 0 Å². The van der Waals surface area contributed by atoms with E-state index in [-0.39, 0.29) is 23.9 Å². The molecule has 0 aromatic rings. The molecule has 20 heteroatoms. The van der Waals surface area contributed by atoms with Gasteiger partial charge in [-0.15, -0.1) is 0 Å². The van der Waals surface area contributed by atoms with Crippen molar-refractivity contribution in [1.82, 2.24) is 0 Å². The summed E-state index contributed by atoms with van der Waals surface area (Å²) in [4.78, 5) is 46.6. The Hall–Kier alpha value is -0.0125. The molecule has 0 spiro atoms. The highest BCUT2D eigenvalue weighted by molar-refractivity contribution is 8.00. The van der Waals surface area contributed by atoms with Gasteiger partial charge in [0.25, 0.3) is 0 Å². The van der Waals surface area contributed by atoms with Gasteiger partial charge in [-0.2, -0.15) is 47.0 Å². The van der Waals surface area contributed by atoms with E-state index >= 15 is 0 Å². The number of hydrogen-bond donors (Lipinski definition) is 0. The molecule has 1 aliphatic heterocycles. The molecule has 1 saturated heterocycles. The molecule has 0 atom stereocenters. The number of ether oxygens (including phenoxy) is 4. The highest BCUT2D eigenvalue weighted by atomic mass is 32.2.